The molecule has 0 aliphatic rings. The minimum Gasteiger partial charge on any atom is -0.309 e. The van der Waals surface area contributed by atoms with Crippen LogP contribution in [0.3, 0.4) is 0 Å². The molecular formula is C16H28N2. The molecule has 0 heterocycles. The van der Waals surface area contributed by atoms with Gasteiger partial charge in [0.15, 0.2) is 0 Å². The molecule has 2 nitrogen and oxygen atoms in total. The third-order valence-corrected chi connectivity index (χ3v) is 3.26. The van der Waals surface area contributed by atoms with Crippen LogP contribution in [-0.2, 0) is 0 Å². The minimum atomic E-state index is 0.441. The molecule has 1 rings (SSSR count). The van der Waals surface area contributed by atoms with Gasteiger partial charge in [0, 0.05) is 19.1 Å². The van der Waals surface area contributed by atoms with Gasteiger partial charge in [-0.3, -0.25) is 0 Å². The summed E-state index contributed by atoms with van der Waals surface area (Å²) in [4.78, 5) is 2.55. The van der Waals surface area contributed by atoms with E-state index in [1.165, 1.54) is 31.5 Å². The molecule has 1 aromatic rings. The topological polar surface area (TPSA) is 15.3 Å². The molecule has 1 atom stereocenters. The number of rotatable bonds is 9. The second-order valence-corrected chi connectivity index (χ2v) is 4.93. The summed E-state index contributed by atoms with van der Waals surface area (Å²) in [6.07, 6.45) is 2.49. The predicted molar refractivity (Wildman–Crippen MR) is 79.9 cm³/mol. The maximum Gasteiger partial charge on any atom is 0.0292 e. The van der Waals surface area contributed by atoms with Gasteiger partial charge in [0.25, 0.3) is 0 Å². The second-order valence-electron chi connectivity index (χ2n) is 4.93. The summed E-state index contributed by atoms with van der Waals surface area (Å²) < 4.78 is 0. The zero-order chi connectivity index (χ0) is 13.2. The van der Waals surface area contributed by atoms with Gasteiger partial charge in [-0.2, -0.15) is 0 Å². The van der Waals surface area contributed by atoms with Crippen LogP contribution in [0, 0.1) is 0 Å². The summed E-state index contributed by atoms with van der Waals surface area (Å²) in [5.41, 5.74) is 1.37. The summed E-state index contributed by atoms with van der Waals surface area (Å²) >= 11 is 0. The van der Waals surface area contributed by atoms with Crippen molar-refractivity contribution >= 4 is 0 Å². The maximum absolute atomic E-state index is 3.60. The number of hydrogen-bond acceptors (Lipinski definition) is 2. The third-order valence-electron chi connectivity index (χ3n) is 3.26. The van der Waals surface area contributed by atoms with E-state index in [1.54, 1.807) is 0 Å². The summed E-state index contributed by atoms with van der Waals surface area (Å²) in [5.74, 6) is 0. The van der Waals surface area contributed by atoms with Gasteiger partial charge >= 0.3 is 0 Å². The highest BCUT2D eigenvalue weighted by Gasteiger charge is 2.05. The van der Waals surface area contributed by atoms with Crippen LogP contribution in [-0.4, -0.2) is 31.1 Å². The van der Waals surface area contributed by atoms with Crippen molar-refractivity contribution in [3.8, 4) is 0 Å². The van der Waals surface area contributed by atoms with Crippen LogP contribution in [0.2, 0.25) is 0 Å². The molecule has 1 aromatic carbocycles. The standard InChI is InChI=1S/C16H28N2/c1-4-12-18(13-5-2)14-11-17-15(3)16-9-7-6-8-10-16/h6-10,15,17H,4-5,11-14H2,1-3H3. The van der Waals surface area contributed by atoms with E-state index in [0.29, 0.717) is 6.04 Å². The fourth-order valence-electron chi connectivity index (χ4n) is 2.27. The Morgan fingerprint density at radius 2 is 1.61 bits per heavy atom. The molecule has 0 radical (unpaired) electrons. The van der Waals surface area contributed by atoms with Crippen LogP contribution < -0.4 is 5.32 Å². The Morgan fingerprint density at radius 1 is 1.00 bits per heavy atom. The molecule has 0 bridgehead atoms. The minimum absolute atomic E-state index is 0.441. The lowest BCUT2D eigenvalue weighted by Gasteiger charge is -2.22. The molecule has 18 heavy (non-hydrogen) atoms. The number of nitrogens with zero attached hydrogens (tertiary/aromatic N) is 1. The average molecular weight is 248 g/mol. The van der Waals surface area contributed by atoms with Crippen molar-refractivity contribution in [1.29, 1.82) is 0 Å². The Bertz CT molecular complexity index is 291. The van der Waals surface area contributed by atoms with E-state index in [2.05, 4.69) is 61.3 Å². The number of nitrogens with one attached hydrogen (secondary N) is 1. The van der Waals surface area contributed by atoms with E-state index in [0.717, 1.165) is 13.1 Å². The largest absolute Gasteiger partial charge is 0.309 e. The van der Waals surface area contributed by atoms with E-state index < -0.39 is 0 Å². The van der Waals surface area contributed by atoms with Crippen molar-refractivity contribution in [2.45, 2.75) is 39.7 Å². The molecule has 1 N–H and O–H groups in total. The molecular weight excluding hydrogens is 220 g/mol. The molecule has 0 aromatic heterocycles. The Labute approximate surface area is 112 Å². The summed E-state index contributed by atoms with van der Waals surface area (Å²) in [5, 5.41) is 3.60. The Kier molecular flexibility index (Phi) is 7.70. The van der Waals surface area contributed by atoms with Crippen LogP contribution >= 0.6 is 0 Å². The molecule has 0 saturated carbocycles. The third kappa shape index (κ3) is 5.65. The van der Waals surface area contributed by atoms with E-state index in [-0.39, 0.29) is 0 Å². The van der Waals surface area contributed by atoms with Crippen LogP contribution in [0.5, 0.6) is 0 Å². The van der Waals surface area contributed by atoms with Gasteiger partial charge in [-0.15, -0.1) is 0 Å². The van der Waals surface area contributed by atoms with E-state index in [9.17, 15) is 0 Å². The molecule has 0 aliphatic heterocycles. The lowest BCUT2D eigenvalue weighted by atomic mass is 10.1. The first kappa shape index (κ1) is 15.2. The van der Waals surface area contributed by atoms with Gasteiger partial charge in [0.1, 0.15) is 0 Å². The Hall–Kier alpha value is -0.860. The average Bonchev–Trinajstić information content (AvgIpc) is 2.40. The first-order chi connectivity index (χ1) is 8.77. The first-order valence-electron chi connectivity index (χ1n) is 7.28. The molecule has 0 fully saturated rings. The van der Waals surface area contributed by atoms with E-state index in [1.807, 2.05) is 0 Å². The van der Waals surface area contributed by atoms with Crippen molar-refractivity contribution < 1.29 is 0 Å². The summed E-state index contributed by atoms with van der Waals surface area (Å²) in [6, 6.07) is 11.1. The highest BCUT2D eigenvalue weighted by Crippen LogP contribution is 2.10. The highest BCUT2D eigenvalue weighted by atomic mass is 15.1. The van der Waals surface area contributed by atoms with Crippen LogP contribution in [0.4, 0.5) is 0 Å². The number of hydrogen-bond donors (Lipinski definition) is 1. The summed E-state index contributed by atoms with van der Waals surface area (Å²) in [6.45, 7) is 11.4. The summed E-state index contributed by atoms with van der Waals surface area (Å²) in [7, 11) is 0. The lowest BCUT2D eigenvalue weighted by Crippen LogP contribution is -2.34. The van der Waals surface area contributed by atoms with Crippen LogP contribution in [0.25, 0.3) is 0 Å². The van der Waals surface area contributed by atoms with Crippen LogP contribution in [0.1, 0.15) is 45.2 Å². The Morgan fingerprint density at radius 3 is 2.17 bits per heavy atom. The molecule has 0 amide bonds. The predicted octanol–water partition coefficient (Wildman–Crippen LogP) is 3.46. The van der Waals surface area contributed by atoms with Gasteiger partial charge in [0.05, 0.1) is 0 Å². The van der Waals surface area contributed by atoms with Crippen molar-refractivity contribution in [3.05, 3.63) is 35.9 Å². The zero-order valence-corrected chi connectivity index (χ0v) is 12.2. The fourth-order valence-corrected chi connectivity index (χ4v) is 2.27. The van der Waals surface area contributed by atoms with Gasteiger partial charge in [0.2, 0.25) is 0 Å². The van der Waals surface area contributed by atoms with E-state index in [4.69, 9.17) is 0 Å². The maximum atomic E-state index is 3.60. The molecule has 0 aliphatic carbocycles. The molecule has 0 spiro atoms. The van der Waals surface area contributed by atoms with Crippen LogP contribution in [0.15, 0.2) is 30.3 Å². The lowest BCUT2D eigenvalue weighted by molar-refractivity contribution is 0.270. The second kappa shape index (κ2) is 9.12. The fraction of sp³-hybridized carbons (Fsp3) is 0.625. The zero-order valence-electron chi connectivity index (χ0n) is 12.2. The molecule has 102 valence electrons. The van der Waals surface area contributed by atoms with Crippen molar-refractivity contribution in [2.75, 3.05) is 26.2 Å². The van der Waals surface area contributed by atoms with Crippen molar-refractivity contribution in [1.82, 2.24) is 10.2 Å². The van der Waals surface area contributed by atoms with E-state index >= 15 is 0 Å². The van der Waals surface area contributed by atoms with Crippen molar-refractivity contribution in [3.63, 3.8) is 0 Å². The first-order valence-corrected chi connectivity index (χ1v) is 7.28. The van der Waals surface area contributed by atoms with Gasteiger partial charge in [-0.25, -0.2) is 0 Å². The normalized spacial score (nSPS) is 12.9. The SMILES string of the molecule is CCCN(CCC)CCNC(C)c1ccccc1. The number of benzene rings is 1. The Balaban J connectivity index is 2.27. The molecule has 2 heteroatoms. The molecule has 1 unspecified atom stereocenters. The smallest absolute Gasteiger partial charge is 0.0292 e. The quantitative estimate of drug-likeness (QED) is 0.720. The van der Waals surface area contributed by atoms with Crippen molar-refractivity contribution in [2.24, 2.45) is 0 Å². The monoisotopic (exact) mass is 248 g/mol. The van der Waals surface area contributed by atoms with Gasteiger partial charge in [-0.1, -0.05) is 44.2 Å². The van der Waals surface area contributed by atoms with Gasteiger partial charge < -0.3 is 10.2 Å². The van der Waals surface area contributed by atoms with Gasteiger partial charge in [-0.05, 0) is 38.4 Å². The highest BCUT2D eigenvalue weighted by molar-refractivity contribution is 5.17. The molecule has 0 saturated heterocycles.